The molecule has 0 heterocycles. The maximum Gasteiger partial charge on any atom is 0.313 e. The van der Waals surface area contributed by atoms with Crippen molar-refractivity contribution in [3.63, 3.8) is 0 Å². The van der Waals surface area contributed by atoms with Crippen LogP contribution in [0.15, 0.2) is 36.4 Å². The van der Waals surface area contributed by atoms with Crippen molar-refractivity contribution in [1.29, 1.82) is 0 Å². The van der Waals surface area contributed by atoms with Crippen molar-refractivity contribution in [2.24, 2.45) is 0 Å². The number of benzene rings is 2. The predicted octanol–water partition coefficient (Wildman–Crippen LogP) is 2.06. The second-order valence-corrected chi connectivity index (χ2v) is 5.00. The highest BCUT2D eigenvalue weighted by atomic mass is 16.5. The summed E-state index contributed by atoms with van der Waals surface area (Å²) in [7, 11) is 1.61. The van der Waals surface area contributed by atoms with E-state index in [1.807, 2.05) is 36.4 Å². The molecule has 0 aliphatic heterocycles. The minimum atomic E-state index is -0.626. The summed E-state index contributed by atoms with van der Waals surface area (Å²) < 4.78 is 10.1. The van der Waals surface area contributed by atoms with Gasteiger partial charge in [-0.2, -0.15) is 0 Å². The lowest BCUT2D eigenvalue weighted by molar-refractivity contribution is -0.149. The molecule has 0 amide bonds. The Labute approximate surface area is 128 Å². The fourth-order valence-corrected chi connectivity index (χ4v) is 2.10. The van der Waals surface area contributed by atoms with Gasteiger partial charge >= 0.3 is 5.97 Å². The van der Waals surface area contributed by atoms with E-state index in [2.05, 4.69) is 0 Å². The third-order valence-electron chi connectivity index (χ3n) is 3.48. The first-order chi connectivity index (χ1) is 10.5. The van der Waals surface area contributed by atoms with Crippen LogP contribution in [0.2, 0.25) is 0 Å². The number of ether oxygens (including phenoxy) is 2. The van der Waals surface area contributed by atoms with Gasteiger partial charge in [-0.25, -0.2) is 0 Å². The van der Waals surface area contributed by atoms with Crippen LogP contribution in [-0.2, 0) is 14.3 Å². The fourth-order valence-electron chi connectivity index (χ4n) is 2.10. The topological polar surface area (TPSA) is 72.8 Å². The van der Waals surface area contributed by atoms with Gasteiger partial charge in [-0.15, -0.1) is 0 Å². The van der Waals surface area contributed by atoms with E-state index in [9.17, 15) is 9.59 Å². The molecule has 2 aromatic rings. The third kappa shape index (κ3) is 3.62. The van der Waals surface area contributed by atoms with Crippen molar-refractivity contribution in [2.75, 3.05) is 20.3 Å². The van der Waals surface area contributed by atoms with Crippen LogP contribution in [0.1, 0.15) is 18.4 Å². The average Bonchev–Trinajstić information content (AvgIpc) is 2.57. The van der Waals surface area contributed by atoms with Crippen LogP contribution < -0.4 is 4.74 Å². The van der Waals surface area contributed by atoms with E-state index < -0.39 is 30.9 Å². The molecule has 5 heteroatoms. The minimum Gasteiger partial charge on any atom is -0.497 e. The van der Waals surface area contributed by atoms with E-state index in [0.717, 1.165) is 22.1 Å². The average molecular weight is 302 g/mol. The molecule has 0 aliphatic carbocycles. The Hall–Kier alpha value is -2.40. The lowest BCUT2D eigenvalue weighted by Gasteiger charge is -2.12. The maximum atomic E-state index is 11.9. The van der Waals surface area contributed by atoms with Gasteiger partial charge in [0.2, 0.25) is 0 Å². The summed E-state index contributed by atoms with van der Waals surface area (Å²) in [6, 6.07) is 11.4. The van der Waals surface area contributed by atoms with E-state index in [4.69, 9.17) is 14.6 Å². The van der Waals surface area contributed by atoms with E-state index in [0.29, 0.717) is 0 Å². The molecule has 0 saturated heterocycles. The molecule has 22 heavy (non-hydrogen) atoms. The van der Waals surface area contributed by atoms with Crippen molar-refractivity contribution in [2.45, 2.75) is 12.8 Å². The first-order valence-corrected chi connectivity index (χ1v) is 6.92. The summed E-state index contributed by atoms with van der Waals surface area (Å²) in [5, 5.41) is 10.6. The van der Waals surface area contributed by atoms with Gasteiger partial charge in [-0.1, -0.05) is 24.3 Å². The Morgan fingerprint density at radius 2 is 1.82 bits per heavy atom. The number of fused-ring (bicyclic) bond motifs is 1. The van der Waals surface area contributed by atoms with Crippen molar-refractivity contribution in [1.82, 2.24) is 0 Å². The van der Waals surface area contributed by atoms with Crippen molar-refractivity contribution in [3.8, 4) is 5.75 Å². The van der Waals surface area contributed by atoms with E-state index in [-0.39, 0.29) is 0 Å². The van der Waals surface area contributed by atoms with Gasteiger partial charge in [0.15, 0.2) is 12.4 Å². The van der Waals surface area contributed by atoms with Crippen LogP contribution in [0, 0.1) is 0 Å². The first-order valence-electron chi connectivity index (χ1n) is 6.92. The quantitative estimate of drug-likeness (QED) is 0.827. The minimum absolute atomic E-state index is 0.398. The Bertz CT molecular complexity index is 693. The molecular weight excluding hydrogens is 284 g/mol. The van der Waals surface area contributed by atoms with Gasteiger partial charge in [0.1, 0.15) is 12.4 Å². The second kappa shape index (κ2) is 7.04. The van der Waals surface area contributed by atoms with Gasteiger partial charge < -0.3 is 14.6 Å². The predicted molar refractivity (Wildman–Crippen MR) is 82.0 cm³/mol. The standard InChI is InChI=1S/C17H18O5/c1-11(17(20)22-10-15(19)9-18)12-3-4-14-8-16(21-2)6-5-13(14)7-12/h3-8,11,18H,9-10H2,1-2H3/t11-/m0/s1. The Morgan fingerprint density at radius 1 is 1.14 bits per heavy atom. The smallest absolute Gasteiger partial charge is 0.313 e. The molecule has 0 bridgehead atoms. The number of methoxy groups -OCH3 is 1. The van der Waals surface area contributed by atoms with Crippen LogP contribution in [-0.4, -0.2) is 37.2 Å². The van der Waals surface area contributed by atoms with E-state index in [1.54, 1.807) is 14.0 Å². The number of carbonyl (C=O) groups excluding carboxylic acids is 2. The van der Waals surface area contributed by atoms with Gasteiger partial charge in [-0.05, 0) is 35.4 Å². The van der Waals surface area contributed by atoms with Gasteiger partial charge in [0, 0.05) is 0 Å². The summed E-state index contributed by atoms with van der Waals surface area (Å²) in [5.74, 6) is -0.728. The Kier molecular flexibility index (Phi) is 5.12. The molecule has 2 aromatic carbocycles. The van der Waals surface area contributed by atoms with Crippen molar-refractivity contribution >= 4 is 22.5 Å². The Balaban J connectivity index is 2.15. The molecule has 0 unspecified atom stereocenters. The highest BCUT2D eigenvalue weighted by molar-refractivity contribution is 5.88. The molecule has 2 rings (SSSR count). The SMILES string of the molecule is COc1ccc2cc([C@H](C)C(=O)OCC(=O)CO)ccc2c1. The summed E-state index contributed by atoms with van der Waals surface area (Å²) in [5.41, 5.74) is 0.805. The number of hydrogen-bond acceptors (Lipinski definition) is 5. The zero-order valence-electron chi connectivity index (χ0n) is 12.5. The number of Topliss-reactive ketones (excluding diaryl/α,β-unsaturated/α-hetero) is 1. The summed E-state index contributed by atoms with van der Waals surface area (Å²) in [6.07, 6.45) is 0. The van der Waals surface area contributed by atoms with Crippen LogP contribution in [0.25, 0.3) is 10.8 Å². The Morgan fingerprint density at radius 3 is 2.50 bits per heavy atom. The van der Waals surface area contributed by atoms with Crippen LogP contribution in [0.4, 0.5) is 0 Å². The van der Waals surface area contributed by atoms with Crippen molar-refractivity contribution in [3.05, 3.63) is 42.0 Å². The monoisotopic (exact) mass is 302 g/mol. The van der Waals surface area contributed by atoms with Crippen LogP contribution >= 0.6 is 0 Å². The molecule has 116 valence electrons. The van der Waals surface area contributed by atoms with Gasteiger partial charge in [0.05, 0.1) is 13.0 Å². The summed E-state index contributed by atoms with van der Waals surface area (Å²) >= 11 is 0. The maximum absolute atomic E-state index is 11.9. The molecule has 5 nitrogen and oxygen atoms in total. The highest BCUT2D eigenvalue weighted by Crippen LogP contribution is 2.25. The van der Waals surface area contributed by atoms with Gasteiger partial charge in [0.25, 0.3) is 0 Å². The molecule has 0 radical (unpaired) electrons. The number of aliphatic hydroxyl groups excluding tert-OH is 1. The second-order valence-electron chi connectivity index (χ2n) is 5.00. The molecule has 1 N–H and O–H groups in total. The number of rotatable bonds is 6. The lowest BCUT2D eigenvalue weighted by Crippen LogP contribution is -2.20. The normalized spacial score (nSPS) is 12.0. The number of hydrogen-bond donors (Lipinski definition) is 1. The first kappa shape index (κ1) is 16.0. The summed E-state index contributed by atoms with van der Waals surface area (Å²) in [4.78, 5) is 22.9. The number of esters is 1. The number of aliphatic hydroxyl groups is 1. The number of ketones is 1. The molecule has 0 aromatic heterocycles. The van der Waals surface area contributed by atoms with Crippen LogP contribution in [0.3, 0.4) is 0 Å². The van der Waals surface area contributed by atoms with E-state index >= 15 is 0 Å². The molecule has 0 aliphatic rings. The third-order valence-corrected chi connectivity index (χ3v) is 3.48. The largest absolute Gasteiger partial charge is 0.497 e. The highest BCUT2D eigenvalue weighted by Gasteiger charge is 2.18. The zero-order chi connectivity index (χ0) is 16.1. The molecule has 0 fully saturated rings. The summed E-state index contributed by atoms with van der Waals surface area (Å²) in [6.45, 7) is 0.695. The van der Waals surface area contributed by atoms with Crippen LogP contribution in [0.5, 0.6) is 5.75 Å². The zero-order valence-corrected chi connectivity index (χ0v) is 12.5. The molecule has 0 spiro atoms. The number of carbonyl (C=O) groups is 2. The fraction of sp³-hybridized carbons (Fsp3) is 0.294. The lowest BCUT2D eigenvalue weighted by atomic mass is 9.98. The molecular formula is C17H18O5. The molecule has 0 saturated carbocycles. The van der Waals surface area contributed by atoms with Gasteiger partial charge in [-0.3, -0.25) is 9.59 Å². The van der Waals surface area contributed by atoms with Crippen molar-refractivity contribution < 1.29 is 24.2 Å². The molecule has 1 atom stereocenters. The van der Waals surface area contributed by atoms with E-state index in [1.165, 1.54) is 0 Å².